The minimum atomic E-state index is -1.31. The molecule has 1 atom stereocenters. The number of ether oxygens (including phenoxy) is 1. The molecular weight excluding hydrogens is 250 g/mol. The quantitative estimate of drug-likeness (QED) is 0.766. The molecule has 0 aromatic heterocycles. The third-order valence-electron chi connectivity index (χ3n) is 2.59. The highest BCUT2D eigenvalue weighted by atomic mass is 16.5. The molecule has 0 saturated heterocycles. The Morgan fingerprint density at radius 2 is 1.95 bits per heavy atom. The van der Waals surface area contributed by atoms with E-state index >= 15 is 0 Å². The SMILES string of the molecule is COC(=O)C[C@H](NC(=O)c1ccccc1C)C(=O)O. The Hall–Kier alpha value is -2.37. The Kier molecular flexibility index (Phi) is 5.05. The number of methoxy groups -OCH3 is 1. The number of amides is 1. The molecular formula is C13H15NO5. The van der Waals surface area contributed by atoms with Crippen LogP contribution in [0.1, 0.15) is 22.3 Å². The molecule has 0 unspecified atom stereocenters. The lowest BCUT2D eigenvalue weighted by Crippen LogP contribution is -2.42. The first-order valence-corrected chi connectivity index (χ1v) is 5.61. The number of esters is 1. The summed E-state index contributed by atoms with van der Waals surface area (Å²) in [7, 11) is 1.16. The highest BCUT2D eigenvalue weighted by molar-refractivity contribution is 5.98. The minimum Gasteiger partial charge on any atom is -0.480 e. The van der Waals surface area contributed by atoms with Gasteiger partial charge in [0.2, 0.25) is 0 Å². The number of aliphatic carboxylic acids is 1. The lowest BCUT2D eigenvalue weighted by Gasteiger charge is -2.14. The van der Waals surface area contributed by atoms with Crippen LogP contribution in [0.25, 0.3) is 0 Å². The van der Waals surface area contributed by atoms with Gasteiger partial charge < -0.3 is 15.2 Å². The molecule has 0 saturated carbocycles. The number of hydrogen-bond donors (Lipinski definition) is 2. The molecule has 102 valence electrons. The highest BCUT2D eigenvalue weighted by Crippen LogP contribution is 2.07. The van der Waals surface area contributed by atoms with Crippen molar-refractivity contribution in [1.82, 2.24) is 5.32 Å². The van der Waals surface area contributed by atoms with Gasteiger partial charge in [0.25, 0.3) is 5.91 Å². The normalized spacial score (nSPS) is 11.5. The average molecular weight is 265 g/mol. The summed E-state index contributed by atoms with van der Waals surface area (Å²) >= 11 is 0. The lowest BCUT2D eigenvalue weighted by atomic mass is 10.1. The van der Waals surface area contributed by atoms with Gasteiger partial charge in [0.05, 0.1) is 13.5 Å². The molecule has 0 heterocycles. The topological polar surface area (TPSA) is 92.7 Å². The van der Waals surface area contributed by atoms with Gasteiger partial charge in [-0.25, -0.2) is 4.79 Å². The second-order valence-electron chi connectivity index (χ2n) is 3.96. The molecule has 0 bridgehead atoms. The summed E-state index contributed by atoms with van der Waals surface area (Å²) in [6, 6.07) is 5.47. The van der Waals surface area contributed by atoms with Crippen molar-refractivity contribution in [3.63, 3.8) is 0 Å². The van der Waals surface area contributed by atoms with Gasteiger partial charge in [0.1, 0.15) is 6.04 Å². The van der Waals surface area contributed by atoms with Crippen molar-refractivity contribution in [1.29, 1.82) is 0 Å². The molecule has 2 N–H and O–H groups in total. The summed E-state index contributed by atoms with van der Waals surface area (Å²) in [4.78, 5) is 34.0. The molecule has 6 nitrogen and oxygen atoms in total. The number of aryl methyl sites for hydroxylation is 1. The molecule has 1 amide bonds. The molecule has 0 spiro atoms. The van der Waals surface area contributed by atoms with E-state index in [9.17, 15) is 14.4 Å². The zero-order valence-corrected chi connectivity index (χ0v) is 10.7. The van der Waals surface area contributed by atoms with E-state index in [4.69, 9.17) is 5.11 Å². The Balaban J connectivity index is 2.80. The lowest BCUT2D eigenvalue weighted by molar-refractivity contribution is -0.147. The number of hydrogen-bond acceptors (Lipinski definition) is 4. The van der Waals surface area contributed by atoms with Crippen molar-refractivity contribution < 1.29 is 24.2 Å². The predicted octanol–water partition coefficient (Wildman–Crippen LogP) is 0.741. The van der Waals surface area contributed by atoms with E-state index in [1.807, 2.05) is 0 Å². The number of nitrogens with one attached hydrogen (secondary N) is 1. The van der Waals surface area contributed by atoms with Crippen molar-refractivity contribution >= 4 is 17.8 Å². The van der Waals surface area contributed by atoms with Crippen LogP contribution in [-0.2, 0) is 14.3 Å². The van der Waals surface area contributed by atoms with Crippen molar-refractivity contribution in [2.45, 2.75) is 19.4 Å². The summed E-state index contributed by atoms with van der Waals surface area (Å²) in [5.41, 5.74) is 1.10. The van der Waals surface area contributed by atoms with Crippen LogP contribution < -0.4 is 5.32 Å². The van der Waals surface area contributed by atoms with Gasteiger partial charge in [-0.05, 0) is 18.6 Å². The maximum absolute atomic E-state index is 11.9. The number of benzene rings is 1. The van der Waals surface area contributed by atoms with Crippen LogP contribution in [0, 0.1) is 6.92 Å². The van der Waals surface area contributed by atoms with Crippen LogP contribution in [0.5, 0.6) is 0 Å². The fourth-order valence-electron chi connectivity index (χ4n) is 1.51. The van der Waals surface area contributed by atoms with Crippen LogP contribution >= 0.6 is 0 Å². The Bertz CT molecular complexity index is 498. The Morgan fingerprint density at radius 1 is 1.32 bits per heavy atom. The van der Waals surface area contributed by atoms with Crippen LogP contribution in [-0.4, -0.2) is 36.1 Å². The van der Waals surface area contributed by atoms with Crippen molar-refractivity contribution in [3.8, 4) is 0 Å². The van der Waals surface area contributed by atoms with E-state index in [-0.39, 0.29) is 0 Å². The second kappa shape index (κ2) is 6.53. The fourth-order valence-corrected chi connectivity index (χ4v) is 1.51. The number of carboxylic acids is 1. The maximum Gasteiger partial charge on any atom is 0.326 e. The Morgan fingerprint density at radius 3 is 2.47 bits per heavy atom. The third kappa shape index (κ3) is 4.09. The smallest absolute Gasteiger partial charge is 0.326 e. The van der Waals surface area contributed by atoms with Crippen molar-refractivity contribution in [2.75, 3.05) is 7.11 Å². The van der Waals surface area contributed by atoms with E-state index < -0.39 is 30.3 Å². The average Bonchev–Trinajstić information content (AvgIpc) is 2.37. The van der Waals surface area contributed by atoms with Gasteiger partial charge in [0, 0.05) is 5.56 Å². The predicted molar refractivity (Wildman–Crippen MR) is 66.7 cm³/mol. The maximum atomic E-state index is 11.9. The molecule has 1 aromatic rings. The first-order valence-electron chi connectivity index (χ1n) is 5.61. The third-order valence-corrected chi connectivity index (χ3v) is 2.59. The highest BCUT2D eigenvalue weighted by Gasteiger charge is 2.24. The zero-order valence-electron chi connectivity index (χ0n) is 10.7. The van der Waals surface area contributed by atoms with E-state index in [0.29, 0.717) is 5.56 Å². The number of rotatable bonds is 5. The van der Waals surface area contributed by atoms with Crippen LogP contribution in [0.15, 0.2) is 24.3 Å². The second-order valence-corrected chi connectivity index (χ2v) is 3.96. The molecule has 6 heteroatoms. The van der Waals surface area contributed by atoms with Gasteiger partial charge in [0.15, 0.2) is 0 Å². The van der Waals surface area contributed by atoms with Crippen LogP contribution in [0.2, 0.25) is 0 Å². The van der Waals surface area contributed by atoms with Crippen LogP contribution in [0.3, 0.4) is 0 Å². The molecule has 0 aliphatic rings. The van der Waals surface area contributed by atoms with Gasteiger partial charge in [-0.1, -0.05) is 18.2 Å². The first-order chi connectivity index (χ1) is 8.95. The van der Waals surface area contributed by atoms with E-state index in [1.54, 1.807) is 31.2 Å². The standard InChI is InChI=1S/C13H15NO5/c1-8-5-3-4-6-9(8)12(16)14-10(13(17)18)7-11(15)19-2/h3-6,10H,7H2,1-2H3,(H,14,16)(H,17,18)/t10-/m0/s1. The monoisotopic (exact) mass is 265 g/mol. The molecule has 0 fully saturated rings. The van der Waals surface area contributed by atoms with Crippen molar-refractivity contribution in [2.24, 2.45) is 0 Å². The zero-order chi connectivity index (χ0) is 14.4. The summed E-state index contributed by atoms with van der Waals surface area (Å²) in [6.45, 7) is 1.74. The van der Waals surface area contributed by atoms with E-state index in [1.165, 1.54) is 0 Å². The van der Waals surface area contributed by atoms with E-state index in [0.717, 1.165) is 12.7 Å². The molecule has 0 radical (unpaired) electrons. The molecule has 0 aliphatic heterocycles. The molecule has 1 rings (SSSR count). The molecule has 1 aromatic carbocycles. The van der Waals surface area contributed by atoms with Gasteiger partial charge >= 0.3 is 11.9 Å². The van der Waals surface area contributed by atoms with Crippen LogP contribution in [0.4, 0.5) is 0 Å². The van der Waals surface area contributed by atoms with Gasteiger partial charge in [-0.15, -0.1) is 0 Å². The first kappa shape index (κ1) is 14.7. The molecule has 19 heavy (non-hydrogen) atoms. The van der Waals surface area contributed by atoms with Gasteiger partial charge in [-0.3, -0.25) is 9.59 Å². The number of carboxylic acid groups (broad SMARTS) is 1. The van der Waals surface area contributed by atoms with Crippen molar-refractivity contribution in [3.05, 3.63) is 35.4 Å². The summed E-state index contributed by atoms with van der Waals surface area (Å²) in [5, 5.41) is 11.3. The van der Waals surface area contributed by atoms with Gasteiger partial charge in [-0.2, -0.15) is 0 Å². The number of carbonyl (C=O) groups is 3. The summed E-state index contributed by atoms with van der Waals surface area (Å²) < 4.78 is 4.39. The summed E-state index contributed by atoms with van der Waals surface area (Å²) in [6.07, 6.45) is -0.413. The van der Waals surface area contributed by atoms with E-state index in [2.05, 4.69) is 10.1 Å². The molecule has 0 aliphatic carbocycles. The Labute approximate surface area is 110 Å². The minimum absolute atomic E-state index is 0.374. The number of carbonyl (C=O) groups excluding carboxylic acids is 2. The summed E-state index contributed by atoms with van der Waals surface area (Å²) in [5.74, 6) is -2.51. The largest absolute Gasteiger partial charge is 0.480 e. The fraction of sp³-hybridized carbons (Fsp3) is 0.308.